The molecule has 1 saturated heterocycles. The van der Waals surface area contributed by atoms with Crippen molar-refractivity contribution in [3.63, 3.8) is 0 Å². The van der Waals surface area contributed by atoms with Crippen molar-refractivity contribution < 1.29 is 23.8 Å². The summed E-state index contributed by atoms with van der Waals surface area (Å²) in [6.07, 6.45) is 2.47. The Balaban J connectivity index is 1.81. The third kappa shape index (κ3) is 10.2. The highest BCUT2D eigenvalue weighted by molar-refractivity contribution is 5.68. The molecule has 7 nitrogen and oxygen atoms in total. The van der Waals surface area contributed by atoms with Crippen molar-refractivity contribution in [3.8, 4) is 0 Å². The highest BCUT2D eigenvalue weighted by Gasteiger charge is 2.22. The fourth-order valence-electron chi connectivity index (χ4n) is 3.21. The minimum Gasteiger partial charge on any atom is -0.449 e. The van der Waals surface area contributed by atoms with Crippen molar-refractivity contribution in [1.29, 1.82) is 0 Å². The van der Waals surface area contributed by atoms with E-state index in [9.17, 15) is 9.59 Å². The van der Waals surface area contributed by atoms with Crippen LogP contribution in [0.5, 0.6) is 0 Å². The first-order valence-corrected chi connectivity index (χ1v) is 10.3. The van der Waals surface area contributed by atoms with Crippen LogP contribution in [0, 0.1) is 5.92 Å². The Kier molecular flexibility index (Phi) is 9.25. The van der Waals surface area contributed by atoms with Crippen LogP contribution in [-0.2, 0) is 20.8 Å². The molecule has 1 aromatic carbocycles. The van der Waals surface area contributed by atoms with Gasteiger partial charge in [0.15, 0.2) is 0 Å². The van der Waals surface area contributed by atoms with Crippen LogP contribution in [0.4, 0.5) is 9.59 Å². The van der Waals surface area contributed by atoms with E-state index < -0.39 is 12.2 Å². The number of ether oxygens (including phenoxy) is 3. The van der Waals surface area contributed by atoms with Gasteiger partial charge in [-0.2, -0.15) is 0 Å². The van der Waals surface area contributed by atoms with E-state index in [1.807, 2.05) is 51.1 Å². The molecular weight excluding hydrogens is 372 g/mol. The second kappa shape index (κ2) is 11.7. The minimum absolute atomic E-state index is 0.146. The number of amides is 2. The lowest BCUT2D eigenvalue weighted by Gasteiger charge is -2.27. The van der Waals surface area contributed by atoms with Gasteiger partial charge in [-0.25, -0.2) is 9.59 Å². The van der Waals surface area contributed by atoms with Gasteiger partial charge in [0.1, 0.15) is 6.61 Å². The summed E-state index contributed by atoms with van der Waals surface area (Å²) in [5, 5.41) is 5.69. The quantitative estimate of drug-likeness (QED) is 0.681. The molecule has 1 fully saturated rings. The summed E-state index contributed by atoms with van der Waals surface area (Å²) >= 11 is 0. The summed E-state index contributed by atoms with van der Waals surface area (Å²) in [7, 11) is 0. The smallest absolute Gasteiger partial charge is 0.407 e. The predicted octanol–water partition coefficient (Wildman–Crippen LogP) is 4.01. The van der Waals surface area contributed by atoms with Gasteiger partial charge in [0, 0.05) is 31.2 Å². The third-order valence-electron chi connectivity index (χ3n) is 4.58. The average molecular weight is 407 g/mol. The molecular formula is C22H34N2O5. The molecule has 7 heteroatoms. The SMILES string of the molecule is CC(C)(C)NC(=O)OCC[C@H](C[C@H]1CCCOC1)NC(=O)OCc1ccccc1. The number of benzene rings is 1. The molecule has 29 heavy (non-hydrogen) atoms. The highest BCUT2D eigenvalue weighted by Crippen LogP contribution is 2.20. The van der Waals surface area contributed by atoms with Crippen molar-refractivity contribution in [2.75, 3.05) is 19.8 Å². The molecule has 0 spiro atoms. The molecule has 2 amide bonds. The zero-order valence-electron chi connectivity index (χ0n) is 17.7. The van der Waals surface area contributed by atoms with Gasteiger partial charge in [0.05, 0.1) is 6.61 Å². The summed E-state index contributed by atoms with van der Waals surface area (Å²) in [5.41, 5.74) is 0.581. The summed E-state index contributed by atoms with van der Waals surface area (Å²) in [6, 6.07) is 9.40. The van der Waals surface area contributed by atoms with E-state index in [4.69, 9.17) is 14.2 Å². The molecule has 2 N–H and O–H groups in total. The molecule has 0 bridgehead atoms. The Morgan fingerprint density at radius 2 is 1.93 bits per heavy atom. The largest absolute Gasteiger partial charge is 0.449 e. The molecule has 0 aromatic heterocycles. The molecule has 1 aliphatic heterocycles. The molecule has 0 unspecified atom stereocenters. The molecule has 0 saturated carbocycles. The number of hydrogen-bond acceptors (Lipinski definition) is 5. The Morgan fingerprint density at radius 1 is 1.17 bits per heavy atom. The maximum Gasteiger partial charge on any atom is 0.407 e. The van der Waals surface area contributed by atoms with Crippen LogP contribution < -0.4 is 10.6 Å². The van der Waals surface area contributed by atoms with Crippen LogP contribution >= 0.6 is 0 Å². The van der Waals surface area contributed by atoms with E-state index in [1.165, 1.54) is 0 Å². The summed E-state index contributed by atoms with van der Waals surface area (Å²) < 4.78 is 16.2. The van der Waals surface area contributed by atoms with Gasteiger partial charge in [-0.05, 0) is 51.5 Å². The number of carbonyl (C=O) groups excluding carboxylic acids is 2. The van der Waals surface area contributed by atoms with Gasteiger partial charge in [-0.1, -0.05) is 30.3 Å². The Morgan fingerprint density at radius 3 is 2.59 bits per heavy atom. The van der Waals surface area contributed by atoms with E-state index in [2.05, 4.69) is 10.6 Å². The number of nitrogens with one attached hydrogen (secondary N) is 2. The van der Waals surface area contributed by atoms with Crippen LogP contribution in [0.15, 0.2) is 30.3 Å². The molecule has 1 aromatic rings. The van der Waals surface area contributed by atoms with Crippen molar-refractivity contribution in [3.05, 3.63) is 35.9 Å². The lowest BCUT2D eigenvalue weighted by molar-refractivity contribution is 0.0450. The number of carbonyl (C=O) groups is 2. The summed E-state index contributed by atoms with van der Waals surface area (Å²) in [4.78, 5) is 24.1. The van der Waals surface area contributed by atoms with Crippen LogP contribution in [0.1, 0.15) is 52.0 Å². The molecule has 1 aliphatic rings. The Hall–Kier alpha value is -2.28. The topological polar surface area (TPSA) is 85.9 Å². The van der Waals surface area contributed by atoms with Crippen LogP contribution in [0.2, 0.25) is 0 Å². The first kappa shape index (κ1) is 23.0. The molecule has 2 rings (SSSR count). The van der Waals surface area contributed by atoms with E-state index in [0.29, 0.717) is 18.9 Å². The normalized spacial score (nSPS) is 17.8. The lowest BCUT2D eigenvalue weighted by Crippen LogP contribution is -2.42. The molecule has 1 heterocycles. The van der Waals surface area contributed by atoms with Gasteiger partial charge in [-0.3, -0.25) is 0 Å². The molecule has 0 radical (unpaired) electrons. The predicted molar refractivity (Wildman–Crippen MR) is 111 cm³/mol. The van der Waals surface area contributed by atoms with Crippen LogP contribution in [0.25, 0.3) is 0 Å². The fourth-order valence-corrected chi connectivity index (χ4v) is 3.21. The van der Waals surface area contributed by atoms with Crippen molar-refractivity contribution >= 4 is 12.2 Å². The zero-order valence-corrected chi connectivity index (χ0v) is 17.7. The standard InChI is InChI=1S/C22H34N2O5/c1-22(2,3)24-21(26)28-13-11-19(14-18-10-7-12-27-15-18)23-20(25)29-16-17-8-5-4-6-9-17/h4-6,8-9,18-19H,7,10-16H2,1-3H3,(H,23,25)(H,24,26)/t18-,19-/m1/s1. The second-order valence-electron chi connectivity index (χ2n) is 8.52. The zero-order chi connectivity index (χ0) is 21.1. The average Bonchev–Trinajstić information content (AvgIpc) is 2.66. The number of hydrogen-bond donors (Lipinski definition) is 2. The first-order chi connectivity index (χ1) is 13.8. The minimum atomic E-state index is -0.463. The van der Waals surface area contributed by atoms with Crippen molar-refractivity contribution in [2.45, 2.75) is 64.6 Å². The third-order valence-corrected chi connectivity index (χ3v) is 4.58. The van der Waals surface area contributed by atoms with Gasteiger partial charge in [-0.15, -0.1) is 0 Å². The van der Waals surface area contributed by atoms with E-state index in [-0.39, 0.29) is 24.8 Å². The van der Waals surface area contributed by atoms with E-state index in [1.54, 1.807) is 0 Å². The monoisotopic (exact) mass is 406 g/mol. The van der Waals surface area contributed by atoms with E-state index in [0.717, 1.165) is 31.4 Å². The van der Waals surface area contributed by atoms with Gasteiger partial charge >= 0.3 is 12.2 Å². The maximum atomic E-state index is 12.3. The summed E-state index contributed by atoms with van der Waals surface area (Å²) in [5.74, 6) is 0.381. The van der Waals surface area contributed by atoms with Crippen molar-refractivity contribution in [2.24, 2.45) is 5.92 Å². The number of rotatable bonds is 8. The maximum absolute atomic E-state index is 12.3. The van der Waals surface area contributed by atoms with Gasteiger partial charge < -0.3 is 24.8 Å². The van der Waals surface area contributed by atoms with E-state index >= 15 is 0 Å². The molecule has 0 aliphatic carbocycles. The van der Waals surface area contributed by atoms with Crippen LogP contribution in [0.3, 0.4) is 0 Å². The Bertz CT molecular complexity index is 624. The van der Waals surface area contributed by atoms with Gasteiger partial charge in [0.2, 0.25) is 0 Å². The second-order valence-corrected chi connectivity index (χ2v) is 8.52. The van der Waals surface area contributed by atoms with Crippen molar-refractivity contribution in [1.82, 2.24) is 10.6 Å². The first-order valence-electron chi connectivity index (χ1n) is 10.3. The summed E-state index contributed by atoms with van der Waals surface area (Å²) in [6.45, 7) is 7.61. The highest BCUT2D eigenvalue weighted by atomic mass is 16.6. The lowest BCUT2D eigenvalue weighted by atomic mass is 9.93. The number of alkyl carbamates (subject to hydrolysis) is 2. The van der Waals surface area contributed by atoms with Crippen LogP contribution in [-0.4, -0.2) is 43.6 Å². The molecule has 162 valence electrons. The fraction of sp³-hybridized carbons (Fsp3) is 0.636. The van der Waals surface area contributed by atoms with Gasteiger partial charge in [0.25, 0.3) is 0 Å². The molecule has 2 atom stereocenters. The Labute approximate surface area is 173 Å².